The molecule has 0 atom stereocenters. The lowest BCUT2D eigenvalue weighted by molar-refractivity contribution is -0.137. The van der Waals surface area contributed by atoms with Crippen LogP contribution in [0.5, 0.6) is 0 Å². The molecular formula is C25H19BrF3N3O. The number of rotatable bonds is 5. The zero-order chi connectivity index (χ0) is 23.6. The van der Waals surface area contributed by atoms with Crippen LogP contribution in [0.2, 0.25) is 0 Å². The summed E-state index contributed by atoms with van der Waals surface area (Å²) in [7, 11) is 0. The molecule has 3 aromatic carbocycles. The molecule has 1 amide bonds. The van der Waals surface area contributed by atoms with Crippen LogP contribution < -0.4 is 5.43 Å². The lowest BCUT2D eigenvalue weighted by atomic mass is 10.1. The highest BCUT2D eigenvalue weighted by molar-refractivity contribution is 9.10. The van der Waals surface area contributed by atoms with E-state index in [0.717, 1.165) is 44.3 Å². The molecule has 168 valence electrons. The summed E-state index contributed by atoms with van der Waals surface area (Å²) >= 11 is 3.45. The van der Waals surface area contributed by atoms with Crippen LogP contribution in [0.15, 0.2) is 82.4 Å². The molecule has 8 heteroatoms. The quantitative estimate of drug-likeness (QED) is 0.239. The van der Waals surface area contributed by atoms with E-state index in [1.807, 2.05) is 55.5 Å². The first-order valence-electron chi connectivity index (χ1n) is 10.1. The van der Waals surface area contributed by atoms with Crippen LogP contribution in [0, 0.1) is 6.92 Å². The van der Waals surface area contributed by atoms with Crippen molar-refractivity contribution in [3.05, 3.63) is 105 Å². The summed E-state index contributed by atoms with van der Waals surface area (Å²) in [5.41, 5.74) is 5.26. The second-order valence-corrected chi connectivity index (χ2v) is 8.42. The van der Waals surface area contributed by atoms with Gasteiger partial charge in [-0.25, -0.2) is 5.43 Å². The second-order valence-electron chi connectivity index (χ2n) is 7.51. The first-order chi connectivity index (χ1) is 15.7. The Balaban J connectivity index is 1.59. The third-order valence-corrected chi connectivity index (χ3v) is 5.87. The van der Waals surface area contributed by atoms with E-state index >= 15 is 0 Å². The fourth-order valence-electron chi connectivity index (χ4n) is 3.65. The van der Waals surface area contributed by atoms with Crippen LogP contribution in [0.1, 0.15) is 32.7 Å². The zero-order valence-electron chi connectivity index (χ0n) is 17.5. The van der Waals surface area contributed by atoms with E-state index in [9.17, 15) is 18.0 Å². The van der Waals surface area contributed by atoms with Gasteiger partial charge in [-0.05, 0) is 48.9 Å². The fourth-order valence-corrected chi connectivity index (χ4v) is 3.92. The van der Waals surface area contributed by atoms with Crippen LogP contribution in [0.25, 0.3) is 10.9 Å². The van der Waals surface area contributed by atoms with E-state index in [4.69, 9.17) is 0 Å². The second kappa shape index (κ2) is 9.23. The zero-order valence-corrected chi connectivity index (χ0v) is 19.1. The van der Waals surface area contributed by atoms with Gasteiger partial charge in [-0.15, -0.1) is 0 Å². The number of hydrogen-bond acceptors (Lipinski definition) is 2. The van der Waals surface area contributed by atoms with E-state index in [0.29, 0.717) is 6.54 Å². The Labute approximate surface area is 196 Å². The molecule has 0 unspecified atom stereocenters. The van der Waals surface area contributed by atoms with Gasteiger partial charge in [0, 0.05) is 38.7 Å². The summed E-state index contributed by atoms with van der Waals surface area (Å²) in [5, 5.41) is 4.99. The molecule has 0 bridgehead atoms. The number of alkyl halides is 3. The van der Waals surface area contributed by atoms with Crippen molar-refractivity contribution in [2.24, 2.45) is 5.10 Å². The molecule has 1 aromatic heterocycles. The Morgan fingerprint density at radius 2 is 1.79 bits per heavy atom. The number of carbonyl (C=O) groups is 1. The maximum absolute atomic E-state index is 12.9. The summed E-state index contributed by atoms with van der Waals surface area (Å²) in [6.07, 6.45) is -2.99. The number of nitrogens with one attached hydrogen (secondary N) is 1. The molecule has 0 radical (unpaired) electrons. The van der Waals surface area contributed by atoms with E-state index in [1.165, 1.54) is 18.3 Å². The number of hydrazone groups is 1. The van der Waals surface area contributed by atoms with Crippen molar-refractivity contribution < 1.29 is 18.0 Å². The third-order valence-electron chi connectivity index (χ3n) is 5.35. The van der Waals surface area contributed by atoms with Crippen molar-refractivity contribution in [2.75, 3.05) is 0 Å². The van der Waals surface area contributed by atoms with Gasteiger partial charge in [-0.2, -0.15) is 18.3 Å². The van der Waals surface area contributed by atoms with Gasteiger partial charge >= 0.3 is 6.18 Å². The number of fused-ring (bicyclic) bond motifs is 1. The van der Waals surface area contributed by atoms with Crippen molar-refractivity contribution >= 4 is 39.0 Å². The van der Waals surface area contributed by atoms with Crippen LogP contribution in [-0.2, 0) is 12.7 Å². The Morgan fingerprint density at radius 3 is 2.52 bits per heavy atom. The van der Waals surface area contributed by atoms with Gasteiger partial charge in [-0.3, -0.25) is 4.79 Å². The van der Waals surface area contributed by atoms with Gasteiger partial charge in [0.1, 0.15) is 0 Å². The highest BCUT2D eigenvalue weighted by Crippen LogP contribution is 2.29. The Kier molecular flexibility index (Phi) is 6.37. The molecule has 0 fully saturated rings. The van der Waals surface area contributed by atoms with Crippen molar-refractivity contribution in [2.45, 2.75) is 19.6 Å². The molecule has 0 aliphatic carbocycles. The number of aromatic nitrogens is 1. The minimum absolute atomic E-state index is 0.114. The first-order valence-corrected chi connectivity index (χ1v) is 10.9. The standard InChI is InChI=1S/C25H19BrF3N3O/c1-16-22(14-30-31-24(33)18-5-4-6-19(13-18)25(27,28)29)21-7-2-3-8-23(21)32(16)15-17-9-11-20(26)12-10-17/h2-14H,15H2,1H3,(H,31,33)/b30-14-. The number of halogens is 4. The molecule has 0 aliphatic rings. The largest absolute Gasteiger partial charge is 0.416 e. The Hall–Kier alpha value is -3.39. The number of hydrogen-bond donors (Lipinski definition) is 1. The predicted molar refractivity (Wildman–Crippen MR) is 126 cm³/mol. The molecular weight excluding hydrogens is 495 g/mol. The van der Waals surface area contributed by atoms with E-state index in [-0.39, 0.29) is 5.56 Å². The third kappa shape index (κ3) is 5.01. The number of nitrogens with zero attached hydrogens (tertiary/aromatic N) is 2. The smallest absolute Gasteiger partial charge is 0.340 e. The molecule has 0 spiro atoms. The average molecular weight is 514 g/mol. The molecule has 4 nitrogen and oxygen atoms in total. The van der Waals surface area contributed by atoms with Crippen LogP contribution >= 0.6 is 15.9 Å². The van der Waals surface area contributed by atoms with Gasteiger partial charge in [0.2, 0.25) is 0 Å². The molecule has 33 heavy (non-hydrogen) atoms. The lowest BCUT2D eigenvalue weighted by Crippen LogP contribution is -2.18. The van der Waals surface area contributed by atoms with Crippen molar-refractivity contribution in [1.82, 2.24) is 9.99 Å². The van der Waals surface area contributed by atoms with Crippen LogP contribution in [0.4, 0.5) is 13.2 Å². The van der Waals surface area contributed by atoms with E-state index < -0.39 is 17.6 Å². The number of benzene rings is 3. The van der Waals surface area contributed by atoms with E-state index in [1.54, 1.807) is 0 Å². The Morgan fingerprint density at radius 1 is 1.06 bits per heavy atom. The molecule has 1 heterocycles. The van der Waals surface area contributed by atoms with Gasteiger partial charge in [0.15, 0.2) is 0 Å². The molecule has 0 saturated carbocycles. The molecule has 0 saturated heterocycles. The lowest BCUT2D eigenvalue weighted by Gasteiger charge is -2.09. The van der Waals surface area contributed by atoms with Crippen molar-refractivity contribution in [3.8, 4) is 0 Å². The monoisotopic (exact) mass is 513 g/mol. The minimum Gasteiger partial charge on any atom is -0.340 e. The summed E-state index contributed by atoms with van der Waals surface area (Å²) in [6.45, 7) is 2.62. The summed E-state index contributed by atoms with van der Waals surface area (Å²) < 4.78 is 41.9. The number of amides is 1. The first kappa shape index (κ1) is 22.8. The van der Waals surface area contributed by atoms with E-state index in [2.05, 4.69) is 31.0 Å². The van der Waals surface area contributed by atoms with Crippen molar-refractivity contribution in [1.29, 1.82) is 0 Å². The highest BCUT2D eigenvalue weighted by Gasteiger charge is 2.30. The normalized spacial score (nSPS) is 11.9. The van der Waals surface area contributed by atoms with Crippen LogP contribution in [0.3, 0.4) is 0 Å². The minimum atomic E-state index is -4.52. The maximum atomic E-state index is 12.9. The maximum Gasteiger partial charge on any atom is 0.416 e. The van der Waals surface area contributed by atoms with Gasteiger partial charge in [0.25, 0.3) is 5.91 Å². The summed E-state index contributed by atoms with van der Waals surface area (Å²) in [4.78, 5) is 12.3. The van der Waals surface area contributed by atoms with Gasteiger partial charge in [-0.1, -0.05) is 52.3 Å². The van der Waals surface area contributed by atoms with Crippen LogP contribution in [-0.4, -0.2) is 16.7 Å². The Bertz CT molecular complexity index is 1340. The number of carbonyl (C=O) groups excluding carboxylic acids is 1. The molecule has 4 aromatic rings. The molecule has 4 rings (SSSR count). The summed E-state index contributed by atoms with van der Waals surface area (Å²) in [6, 6.07) is 20.2. The topological polar surface area (TPSA) is 46.4 Å². The predicted octanol–water partition coefficient (Wildman–Crippen LogP) is 6.54. The van der Waals surface area contributed by atoms with Gasteiger partial charge in [0.05, 0.1) is 11.8 Å². The molecule has 1 N–H and O–H groups in total. The average Bonchev–Trinajstić information content (AvgIpc) is 3.06. The highest BCUT2D eigenvalue weighted by atomic mass is 79.9. The van der Waals surface area contributed by atoms with Gasteiger partial charge < -0.3 is 4.57 Å². The summed E-state index contributed by atoms with van der Waals surface area (Å²) in [5.74, 6) is -0.714. The SMILES string of the molecule is Cc1c(/C=N\NC(=O)c2cccc(C(F)(F)F)c2)c2ccccc2n1Cc1ccc(Br)cc1. The van der Waals surface area contributed by atoms with Crippen molar-refractivity contribution in [3.63, 3.8) is 0 Å². The molecule has 0 aliphatic heterocycles. The fraction of sp³-hybridized carbons (Fsp3) is 0.120. The number of para-hydroxylation sites is 1.